The Balaban J connectivity index is 3.17. The summed E-state index contributed by atoms with van der Waals surface area (Å²) in [6.45, 7) is 3.91. The van der Waals surface area contributed by atoms with Crippen LogP contribution < -0.4 is 0 Å². The summed E-state index contributed by atoms with van der Waals surface area (Å²) < 4.78 is -0.0602. The minimum absolute atomic E-state index is 0.0602. The van der Waals surface area contributed by atoms with E-state index in [4.69, 9.17) is 12.6 Å². The van der Waals surface area contributed by atoms with Gasteiger partial charge in [0.2, 0.25) is 0 Å². The molecule has 0 spiro atoms. The Morgan fingerprint density at radius 3 is 1.67 bits per heavy atom. The van der Waals surface area contributed by atoms with Gasteiger partial charge < -0.3 is 0 Å². The van der Waals surface area contributed by atoms with Crippen LogP contribution in [0.1, 0.15) is 13.8 Å². The molecule has 0 saturated heterocycles. The Kier molecular flexibility index (Phi) is 2.37. The van der Waals surface area contributed by atoms with Gasteiger partial charge in [0.1, 0.15) is 0 Å². The fraction of sp³-hybridized carbons (Fsp3) is 1.00. The highest BCUT2D eigenvalue weighted by atomic mass is 32.1. The molecular formula is C4H8S2. The van der Waals surface area contributed by atoms with Crippen LogP contribution >= 0.6 is 25.3 Å². The Morgan fingerprint density at radius 2 is 1.67 bits per heavy atom. The van der Waals surface area contributed by atoms with Crippen LogP contribution in [0.2, 0.25) is 0 Å². The summed E-state index contributed by atoms with van der Waals surface area (Å²) in [4.78, 5) is 0. The summed E-state index contributed by atoms with van der Waals surface area (Å²) in [7, 11) is 0. The van der Waals surface area contributed by atoms with Crippen LogP contribution in [0.25, 0.3) is 0 Å². The molecule has 0 atom stereocenters. The fourth-order valence-electron chi connectivity index (χ4n) is 0. The largest absolute Gasteiger partial charge is 0.0926 e. The van der Waals surface area contributed by atoms with Gasteiger partial charge in [-0.2, -0.15) is 0 Å². The molecule has 0 aromatic carbocycles. The third kappa shape index (κ3) is 4.70. The van der Waals surface area contributed by atoms with Gasteiger partial charge in [0.15, 0.2) is 0 Å². The van der Waals surface area contributed by atoms with Gasteiger partial charge in [0, 0.05) is 10.5 Å². The van der Waals surface area contributed by atoms with E-state index < -0.39 is 0 Å². The van der Waals surface area contributed by atoms with E-state index in [1.807, 2.05) is 13.8 Å². The van der Waals surface area contributed by atoms with E-state index >= 15 is 0 Å². The molecule has 0 aliphatic rings. The number of hydrogen-bond acceptors (Lipinski definition) is 0. The molecule has 36 valence electrons. The number of hydrogen-bond donors (Lipinski definition) is 0. The van der Waals surface area contributed by atoms with Gasteiger partial charge in [0.05, 0.1) is 0 Å². The van der Waals surface area contributed by atoms with Crippen LogP contribution in [-0.2, 0) is 0 Å². The van der Waals surface area contributed by atoms with Gasteiger partial charge in [-0.3, -0.25) is 0 Å². The lowest BCUT2D eigenvalue weighted by Crippen LogP contribution is -2.11. The smallest absolute Gasteiger partial charge is 0.0306 e. The summed E-state index contributed by atoms with van der Waals surface area (Å²) >= 11 is 9.57. The van der Waals surface area contributed by atoms with E-state index in [9.17, 15) is 0 Å². The Labute approximate surface area is 50.1 Å². The van der Waals surface area contributed by atoms with E-state index in [1.54, 1.807) is 0 Å². The van der Waals surface area contributed by atoms with Crippen molar-refractivity contribution in [2.75, 3.05) is 5.75 Å². The molecule has 2 radical (unpaired) electrons. The van der Waals surface area contributed by atoms with Crippen molar-refractivity contribution in [3.05, 3.63) is 0 Å². The zero-order chi connectivity index (χ0) is 5.21. The molecule has 0 rings (SSSR count). The molecule has 6 heavy (non-hydrogen) atoms. The Hall–Kier alpha value is 0.700. The summed E-state index contributed by atoms with van der Waals surface area (Å²) in [6, 6.07) is 0. The maximum atomic E-state index is 4.88. The topological polar surface area (TPSA) is 0 Å². The normalized spacial score (nSPS) is 12.0. The van der Waals surface area contributed by atoms with Crippen LogP contribution in [0.4, 0.5) is 0 Å². The molecule has 0 nitrogen and oxygen atoms in total. The average molecular weight is 120 g/mol. The predicted molar refractivity (Wildman–Crippen MR) is 34.1 cm³/mol. The molecule has 0 aromatic rings. The molecule has 0 aromatic heterocycles. The van der Waals surface area contributed by atoms with Crippen molar-refractivity contribution in [3.63, 3.8) is 0 Å². The molecular weight excluding hydrogens is 112 g/mol. The van der Waals surface area contributed by atoms with Crippen LogP contribution in [0, 0.1) is 0 Å². The fourth-order valence-corrected chi connectivity index (χ4v) is 0. The average Bonchev–Trinajstić information content (AvgIpc) is 1.35. The first-order chi connectivity index (χ1) is 2.56. The highest BCUT2D eigenvalue weighted by Crippen LogP contribution is 2.11. The van der Waals surface area contributed by atoms with Gasteiger partial charge in [-0.25, -0.2) is 0 Å². The van der Waals surface area contributed by atoms with Crippen LogP contribution in [0.15, 0.2) is 0 Å². The van der Waals surface area contributed by atoms with Gasteiger partial charge in [0.25, 0.3) is 0 Å². The quantitative estimate of drug-likeness (QED) is 0.497. The molecule has 0 unspecified atom stereocenters. The van der Waals surface area contributed by atoms with Crippen molar-refractivity contribution in [2.24, 2.45) is 0 Å². The van der Waals surface area contributed by atoms with Gasteiger partial charge in [-0.1, -0.05) is 25.3 Å². The maximum absolute atomic E-state index is 4.88. The molecule has 0 aliphatic heterocycles. The maximum Gasteiger partial charge on any atom is 0.0306 e. The Morgan fingerprint density at radius 1 is 1.50 bits per heavy atom. The first-order valence-corrected chi connectivity index (χ1v) is 2.83. The highest BCUT2D eigenvalue weighted by molar-refractivity contribution is 7.85. The lowest BCUT2D eigenvalue weighted by atomic mass is 10.2. The van der Waals surface area contributed by atoms with Crippen LogP contribution in [-0.4, -0.2) is 10.5 Å². The van der Waals surface area contributed by atoms with Crippen LogP contribution in [0.5, 0.6) is 0 Å². The van der Waals surface area contributed by atoms with E-state index in [-0.39, 0.29) is 4.75 Å². The Bertz CT molecular complexity index is 35.3. The van der Waals surface area contributed by atoms with Crippen molar-refractivity contribution in [3.8, 4) is 0 Å². The van der Waals surface area contributed by atoms with Gasteiger partial charge in [-0.15, -0.1) is 0 Å². The van der Waals surface area contributed by atoms with Crippen molar-refractivity contribution in [1.29, 1.82) is 0 Å². The molecule has 0 bridgehead atoms. The third-order valence-corrected chi connectivity index (χ3v) is 1.40. The minimum atomic E-state index is -0.0602. The molecule has 0 N–H and O–H groups in total. The van der Waals surface area contributed by atoms with E-state index in [2.05, 4.69) is 12.6 Å². The van der Waals surface area contributed by atoms with E-state index in [0.717, 1.165) is 0 Å². The summed E-state index contributed by atoms with van der Waals surface area (Å²) in [6.07, 6.45) is 0. The summed E-state index contributed by atoms with van der Waals surface area (Å²) in [5, 5.41) is 0. The molecule has 0 aliphatic carbocycles. The first kappa shape index (κ1) is 6.70. The summed E-state index contributed by atoms with van der Waals surface area (Å²) in [5.41, 5.74) is 0. The van der Waals surface area contributed by atoms with Crippen LogP contribution in [0.3, 0.4) is 0 Å². The molecule has 0 heterocycles. The lowest BCUT2D eigenvalue weighted by Gasteiger charge is -2.08. The van der Waals surface area contributed by atoms with Crippen molar-refractivity contribution >= 4 is 25.3 Å². The van der Waals surface area contributed by atoms with Gasteiger partial charge in [-0.05, 0) is 13.8 Å². The van der Waals surface area contributed by atoms with Gasteiger partial charge >= 0.3 is 0 Å². The first-order valence-electron chi connectivity index (χ1n) is 1.85. The second-order valence-electron chi connectivity index (χ2n) is 1.90. The third-order valence-electron chi connectivity index (χ3n) is 0.348. The van der Waals surface area contributed by atoms with E-state index in [1.165, 1.54) is 0 Å². The van der Waals surface area contributed by atoms with Crippen molar-refractivity contribution in [2.45, 2.75) is 18.6 Å². The monoisotopic (exact) mass is 120 g/mol. The molecule has 2 heteroatoms. The predicted octanol–water partition coefficient (Wildman–Crippen LogP) is 2.16. The minimum Gasteiger partial charge on any atom is -0.0926 e. The lowest BCUT2D eigenvalue weighted by molar-refractivity contribution is 0.828. The highest BCUT2D eigenvalue weighted by Gasteiger charge is 2.07. The molecule has 0 fully saturated rings. The second-order valence-corrected chi connectivity index (χ2v) is 3.30. The molecule has 0 amide bonds. The zero-order valence-corrected chi connectivity index (χ0v) is 5.66. The summed E-state index contributed by atoms with van der Waals surface area (Å²) in [5.74, 6) is 0.669. The SMILES string of the molecule is CC(C)([S])C[S]. The molecule has 0 saturated carbocycles. The van der Waals surface area contributed by atoms with Crippen molar-refractivity contribution < 1.29 is 0 Å². The second kappa shape index (κ2) is 2.12. The van der Waals surface area contributed by atoms with E-state index in [0.29, 0.717) is 5.75 Å². The zero-order valence-electron chi connectivity index (χ0n) is 4.02. The van der Waals surface area contributed by atoms with Crippen molar-refractivity contribution in [1.82, 2.24) is 0 Å². The standard InChI is InChI=1S/C4H8S2/c1-4(2,6)3-5/h3H2,1-2H3. The number of rotatable bonds is 1.